The molecule has 1 unspecified atom stereocenters. The number of nitrogens with one attached hydrogen (secondary N) is 1. The topological polar surface area (TPSA) is 127 Å². The summed E-state index contributed by atoms with van der Waals surface area (Å²) in [4.78, 5) is 0. The van der Waals surface area contributed by atoms with Crippen molar-refractivity contribution in [3.63, 3.8) is 0 Å². The molecule has 0 fully saturated rings. The van der Waals surface area contributed by atoms with E-state index in [2.05, 4.69) is 23.1 Å². The van der Waals surface area contributed by atoms with E-state index in [0.717, 1.165) is 5.56 Å². The van der Waals surface area contributed by atoms with Crippen LogP contribution in [0.15, 0.2) is 48.1 Å². The van der Waals surface area contributed by atoms with E-state index in [-0.39, 0.29) is 11.7 Å². The summed E-state index contributed by atoms with van der Waals surface area (Å²) in [6.07, 6.45) is -0.364. The lowest BCUT2D eigenvalue weighted by molar-refractivity contribution is 0.185. The van der Waals surface area contributed by atoms with Gasteiger partial charge in [-0.05, 0) is 55.3 Å². The first kappa shape index (κ1) is 22.8. The van der Waals surface area contributed by atoms with Gasteiger partial charge in [-0.15, -0.1) is 5.10 Å². The van der Waals surface area contributed by atoms with E-state index in [1.807, 2.05) is 13.0 Å². The molecule has 2 rings (SSSR count). The number of nitrogens with zero attached hydrogens (tertiary/aromatic N) is 3. The summed E-state index contributed by atoms with van der Waals surface area (Å²) in [7, 11) is 0. The summed E-state index contributed by atoms with van der Waals surface area (Å²) >= 11 is 6.33. The first-order valence-electron chi connectivity index (χ1n) is 9.17. The molecule has 0 aliphatic carbocycles. The van der Waals surface area contributed by atoms with Gasteiger partial charge in [-0.3, -0.25) is 0 Å². The van der Waals surface area contributed by atoms with Crippen molar-refractivity contribution < 1.29 is 9.84 Å². The molecule has 4 N–H and O–H groups in total. The number of aliphatic hydroxyl groups is 1. The van der Waals surface area contributed by atoms with E-state index in [1.54, 1.807) is 43.3 Å². The Hall–Kier alpha value is -3.52. The predicted octanol–water partition coefficient (Wildman–Crippen LogP) is 3.77. The molecule has 0 heterocycles. The molecule has 0 bridgehead atoms. The normalized spacial score (nSPS) is 12.9. The first-order valence-corrected chi connectivity index (χ1v) is 9.55. The number of nitriles is 2. The van der Waals surface area contributed by atoms with Gasteiger partial charge in [0.1, 0.15) is 17.9 Å². The second kappa shape index (κ2) is 10.3. The van der Waals surface area contributed by atoms with Gasteiger partial charge < -0.3 is 21.0 Å². The summed E-state index contributed by atoms with van der Waals surface area (Å²) < 4.78 is 5.74. The number of nitrogens with two attached hydrogens (primary N) is 1. The molecule has 0 aliphatic rings. The van der Waals surface area contributed by atoms with Crippen LogP contribution >= 0.6 is 11.6 Å². The maximum absolute atomic E-state index is 10.3. The van der Waals surface area contributed by atoms with Crippen molar-refractivity contribution in [2.24, 2.45) is 10.9 Å². The molecule has 2 aromatic carbocycles. The summed E-state index contributed by atoms with van der Waals surface area (Å²) in [5, 5.41) is 35.6. The van der Waals surface area contributed by atoms with Crippen LogP contribution in [-0.4, -0.2) is 23.2 Å². The third kappa shape index (κ3) is 5.09. The Morgan fingerprint density at radius 3 is 2.43 bits per heavy atom. The molecule has 0 amide bonds. The predicted molar refractivity (Wildman–Crippen MR) is 118 cm³/mol. The number of aliphatic hydroxyl groups excluding tert-OH is 1. The van der Waals surface area contributed by atoms with E-state index in [1.165, 1.54) is 0 Å². The minimum absolute atomic E-state index is 0.0156. The summed E-state index contributed by atoms with van der Waals surface area (Å²) in [5.74, 6) is 5.81. The van der Waals surface area contributed by atoms with Crippen molar-refractivity contribution in [1.82, 2.24) is 0 Å². The molecular formula is C22H22ClN5O2. The van der Waals surface area contributed by atoms with E-state index in [4.69, 9.17) is 27.4 Å². The lowest BCUT2D eigenvalue weighted by atomic mass is 10.0. The molecule has 8 heteroatoms. The van der Waals surface area contributed by atoms with E-state index >= 15 is 0 Å². The molecule has 0 aliphatic heterocycles. The fourth-order valence-electron chi connectivity index (χ4n) is 2.83. The van der Waals surface area contributed by atoms with Crippen molar-refractivity contribution in [2.75, 3.05) is 5.32 Å². The van der Waals surface area contributed by atoms with Crippen molar-refractivity contribution in [3.8, 4) is 12.1 Å². The molecule has 0 aromatic heterocycles. The maximum atomic E-state index is 10.3. The highest BCUT2D eigenvalue weighted by atomic mass is 35.5. The maximum Gasteiger partial charge on any atom is 0.236 e. The number of benzene rings is 2. The zero-order valence-electron chi connectivity index (χ0n) is 16.7. The molecule has 0 saturated heterocycles. The minimum Gasteiger partial charge on any atom is -0.439 e. The fourth-order valence-corrected chi connectivity index (χ4v) is 3.17. The number of hydrogen-bond donors (Lipinski definition) is 3. The van der Waals surface area contributed by atoms with Crippen LogP contribution in [0, 0.1) is 22.7 Å². The standard InChI is InChI=1S/C22H22ClN5O2/c1-4-18-19(10-9-17(12-25)20(18)23)27-21(13(2)29)22(28-26)30-14(3)16-7-5-15(11-24)6-8-16/h5-10,13,21,27,29H,3-4,26H2,1-2H3/b28-22-/t13-,21?/m1/s1. The molecule has 0 spiro atoms. The van der Waals surface area contributed by atoms with Gasteiger partial charge in [-0.25, -0.2) is 0 Å². The Morgan fingerprint density at radius 1 is 1.27 bits per heavy atom. The Kier molecular flexibility index (Phi) is 7.83. The van der Waals surface area contributed by atoms with Crippen LogP contribution in [-0.2, 0) is 11.2 Å². The number of ether oxygens (including phenoxy) is 1. The Labute approximate surface area is 180 Å². The molecule has 0 radical (unpaired) electrons. The second-order valence-electron chi connectivity index (χ2n) is 6.46. The van der Waals surface area contributed by atoms with Crippen LogP contribution in [0.3, 0.4) is 0 Å². The highest BCUT2D eigenvalue weighted by Crippen LogP contribution is 2.29. The second-order valence-corrected chi connectivity index (χ2v) is 6.84. The van der Waals surface area contributed by atoms with Gasteiger partial charge in [0.15, 0.2) is 0 Å². The zero-order valence-corrected chi connectivity index (χ0v) is 17.4. The van der Waals surface area contributed by atoms with Crippen LogP contribution in [0.5, 0.6) is 0 Å². The summed E-state index contributed by atoms with van der Waals surface area (Å²) in [6.45, 7) is 7.35. The van der Waals surface area contributed by atoms with Crippen LogP contribution < -0.4 is 11.2 Å². The van der Waals surface area contributed by atoms with Gasteiger partial charge in [0, 0.05) is 11.3 Å². The van der Waals surface area contributed by atoms with Gasteiger partial charge >= 0.3 is 0 Å². The highest BCUT2D eigenvalue weighted by Gasteiger charge is 2.26. The molecular weight excluding hydrogens is 402 g/mol. The van der Waals surface area contributed by atoms with Crippen molar-refractivity contribution >= 4 is 28.9 Å². The molecule has 30 heavy (non-hydrogen) atoms. The van der Waals surface area contributed by atoms with Crippen LogP contribution in [0.2, 0.25) is 5.02 Å². The van der Waals surface area contributed by atoms with Gasteiger partial charge in [0.25, 0.3) is 0 Å². The van der Waals surface area contributed by atoms with Crippen molar-refractivity contribution in [1.29, 1.82) is 10.5 Å². The van der Waals surface area contributed by atoms with E-state index in [0.29, 0.717) is 33.8 Å². The average Bonchev–Trinajstić information content (AvgIpc) is 2.75. The zero-order chi connectivity index (χ0) is 22.3. The lowest BCUT2D eigenvalue weighted by Crippen LogP contribution is -2.41. The smallest absolute Gasteiger partial charge is 0.236 e. The fraction of sp³-hybridized carbons (Fsp3) is 0.227. The van der Waals surface area contributed by atoms with Gasteiger partial charge in [-0.2, -0.15) is 10.5 Å². The van der Waals surface area contributed by atoms with Gasteiger partial charge in [0.05, 0.1) is 28.3 Å². The molecule has 154 valence electrons. The average molecular weight is 424 g/mol. The third-order valence-electron chi connectivity index (χ3n) is 4.47. The molecule has 2 aromatic rings. The van der Waals surface area contributed by atoms with Crippen LogP contribution in [0.4, 0.5) is 5.69 Å². The number of anilines is 1. The monoisotopic (exact) mass is 423 g/mol. The summed E-state index contributed by atoms with van der Waals surface area (Å²) in [6, 6.07) is 13.2. The Balaban J connectivity index is 2.30. The van der Waals surface area contributed by atoms with Gasteiger partial charge in [-0.1, -0.05) is 25.1 Å². The van der Waals surface area contributed by atoms with E-state index in [9.17, 15) is 10.4 Å². The number of rotatable bonds is 7. The van der Waals surface area contributed by atoms with Crippen LogP contribution in [0.1, 0.15) is 36.1 Å². The van der Waals surface area contributed by atoms with Gasteiger partial charge in [0.2, 0.25) is 5.90 Å². The van der Waals surface area contributed by atoms with Crippen LogP contribution in [0.25, 0.3) is 5.76 Å². The molecule has 7 nitrogen and oxygen atoms in total. The lowest BCUT2D eigenvalue weighted by Gasteiger charge is -2.25. The summed E-state index contributed by atoms with van der Waals surface area (Å²) in [5.41, 5.74) is 2.86. The Bertz CT molecular complexity index is 1030. The number of hydrazone groups is 1. The largest absolute Gasteiger partial charge is 0.439 e. The third-order valence-corrected chi connectivity index (χ3v) is 4.90. The first-order chi connectivity index (χ1) is 14.4. The molecule has 0 saturated carbocycles. The SMILES string of the molecule is C=C(O/C(=N\N)C(Nc1ccc(C#N)c(Cl)c1CC)[C@@H](C)O)c1ccc(C#N)cc1. The van der Waals surface area contributed by atoms with Crippen molar-refractivity contribution in [2.45, 2.75) is 32.4 Å². The van der Waals surface area contributed by atoms with E-state index < -0.39 is 12.1 Å². The number of hydrogen-bond acceptors (Lipinski definition) is 7. The quantitative estimate of drug-likeness (QED) is 0.204. The van der Waals surface area contributed by atoms with Crippen molar-refractivity contribution in [3.05, 3.63) is 70.3 Å². The highest BCUT2D eigenvalue weighted by molar-refractivity contribution is 6.33. The molecule has 2 atom stereocenters. The number of halogens is 1. The minimum atomic E-state index is -0.930. The Morgan fingerprint density at radius 2 is 1.93 bits per heavy atom.